The van der Waals surface area contributed by atoms with Crippen LogP contribution in [0.5, 0.6) is 0 Å². The number of aromatic nitrogens is 3. The minimum atomic E-state index is -0.352. The first-order chi connectivity index (χ1) is 14.2. The van der Waals surface area contributed by atoms with Crippen LogP contribution in [0.3, 0.4) is 0 Å². The van der Waals surface area contributed by atoms with Gasteiger partial charge < -0.3 is 4.90 Å². The SMILES string of the molecule is CCN(CC)C(=O)C(Sc1nnc(C2CC2)n1-c1ccccc1)c1ccccc1. The van der Waals surface area contributed by atoms with Gasteiger partial charge in [-0.15, -0.1) is 10.2 Å². The van der Waals surface area contributed by atoms with Crippen molar-refractivity contribution >= 4 is 17.7 Å². The molecule has 29 heavy (non-hydrogen) atoms. The first kappa shape index (κ1) is 19.7. The second kappa shape index (κ2) is 8.82. The minimum absolute atomic E-state index is 0.113. The first-order valence-corrected chi connectivity index (χ1v) is 11.1. The summed E-state index contributed by atoms with van der Waals surface area (Å²) in [5.41, 5.74) is 2.04. The maximum Gasteiger partial charge on any atom is 0.240 e. The Bertz CT molecular complexity index is 950. The van der Waals surface area contributed by atoms with Crippen molar-refractivity contribution in [3.05, 3.63) is 72.1 Å². The molecule has 5 nitrogen and oxygen atoms in total. The Kier molecular flexibility index (Phi) is 6.00. The van der Waals surface area contributed by atoms with Crippen LogP contribution in [0.1, 0.15) is 49.2 Å². The highest BCUT2D eigenvalue weighted by atomic mass is 32.2. The molecule has 0 spiro atoms. The zero-order chi connectivity index (χ0) is 20.2. The minimum Gasteiger partial charge on any atom is -0.342 e. The molecule has 0 aliphatic heterocycles. The Hall–Kier alpha value is -2.60. The lowest BCUT2D eigenvalue weighted by molar-refractivity contribution is -0.130. The zero-order valence-electron chi connectivity index (χ0n) is 16.9. The average molecular weight is 407 g/mol. The smallest absolute Gasteiger partial charge is 0.240 e. The number of benzene rings is 2. The molecule has 1 saturated carbocycles. The topological polar surface area (TPSA) is 51.0 Å². The average Bonchev–Trinajstić information content (AvgIpc) is 3.53. The van der Waals surface area contributed by atoms with Crippen molar-refractivity contribution in [2.75, 3.05) is 13.1 Å². The van der Waals surface area contributed by atoms with Crippen molar-refractivity contribution in [1.82, 2.24) is 19.7 Å². The van der Waals surface area contributed by atoms with Crippen LogP contribution in [0.15, 0.2) is 65.8 Å². The lowest BCUT2D eigenvalue weighted by atomic mass is 10.1. The van der Waals surface area contributed by atoms with Gasteiger partial charge in [-0.2, -0.15) is 0 Å². The van der Waals surface area contributed by atoms with Crippen LogP contribution in [0.25, 0.3) is 5.69 Å². The van der Waals surface area contributed by atoms with Gasteiger partial charge in [-0.1, -0.05) is 60.3 Å². The summed E-state index contributed by atoms with van der Waals surface area (Å²) in [5, 5.41) is 9.45. The molecule has 1 unspecified atom stereocenters. The molecule has 6 heteroatoms. The highest BCUT2D eigenvalue weighted by Crippen LogP contribution is 2.43. The highest BCUT2D eigenvalue weighted by molar-refractivity contribution is 8.00. The van der Waals surface area contributed by atoms with Crippen LogP contribution in [0, 0.1) is 0 Å². The zero-order valence-corrected chi connectivity index (χ0v) is 17.7. The van der Waals surface area contributed by atoms with E-state index >= 15 is 0 Å². The summed E-state index contributed by atoms with van der Waals surface area (Å²) in [6.07, 6.45) is 2.30. The van der Waals surface area contributed by atoms with Gasteiger partial charge in [0.25, 0.3) is 0 Å². The van der Waals surface area contributed by atoms with Gasteiger partial charge in [-0.25, -0.2) is 0 Å². The molecule has 4 rings (SSSR count). The Labute approximate surface area is 176 Å². The van der Waals surface area contributed by atoms with Gasteiger partial charge >= 0.3 is 0 Å². The summed E-state index contributed by atoms with van der Waals surface area (Å²) in [6.45, 7) is 5.42. The fraction of sp³-hybridized carbons (Fsp3) is 0.348. The quantitative estimate of drug-likeness (QED) is 0.502. The van der Waals surface area contributed by atoms with Crippen LogP contribution in [0.2, 0.25) is 0 Å². The number of likely N-dealkylation sites (N-methyl/N-ethyl adjacent to an activating group) is 1. The number of thioether (sulfide) groups is 1. The van der Waals surface area contributed by atoms with Crippen molar-refractivity contribution in [2.45, 2.75) is 43.0 Å². The van der Waals surface area contributed by atoms with Crippen molar-refractivity contribution in [3.8, 4) is 5.69 Å². The summed E-state index contributed by atoms with van der Waals surface area (Å²) in [7, 11) is 0. The number of hydrogen-bond donors (Lipinski definition) is 0. The largest absolute Gasteiger partial charge is 0.342 e. The lowest BCUT2D eigenvalue weighted by Gasteiger charge is -2.25. The predicted molar refractivity (Wildman–Crippen MR) is 116 cm³/mol. The number of nitrogens with zero attached hydrogens (tertiary/aromatic N) is 4. The van der Waals surface area contributed by atoms with E-state index in [1.165, 1.54) is 11.8 Å². The molecule has 1 fully saturated rings. The van der Waals surface area contributed by atoms with E-state index in [0.29, 0.717) is 19.0 Å². The normalized spacial score (nSPS) is 14.6. The first-order valence-electron chi connectivity index (χ1n) is 10.2. The number of carbonyl (C=O) groups excluding carboxylic acids is 1. The summed E-state index contributed by atoms with van der Waals surface area (Å²) >= 11 is 1.49. The second-order valence-corrected chi connectivity index (χ2v) is 8.28. The van der Waals surface area contributed by atoms with E-state index in [2.05, 4.69) is 26.9 Å². The van der Waals surface area contributed by atoms with Crippen LogP contribution >= 0.6 is 11.8 Å². The van der Waals surface area contributed by atoms with Crippen LogP contribution < -0.4 is 0 Å². The molecular formula is C23H26N4OS. The number of rotatable bonds is 8. The molecule has 1 atom stereocenters. The van der Waals surface area contributed by atoms with Gasteiger partial charge in [0.2, 0.25) is 5.91 Å². The summed E-state index contributed by atoms with van der Waals surface area (Å²) in [6, 6.07) is 20.2. The molecular weight excluding hydrogens is 380 g/mol. The van der Waals surface area contributed by atoms with Gasteiger partial charge in [0, 0.05) is 24.7 Å². The molecule has 1 aromatic heterocycles. The molecule has 1 amide bonds. The third kappa shape index (κ3) is 4.22. The van der Waals surface area contributed by atoms with Gasteiger partial charge in [-0.05, 0) is 44.4 Å². The maximum absolute atomic E-state index is 13.4. The summed E-state index contributed by atoms with van der Waals surface area (Å²) in [4.78, 5) is 15.2. The number of para-hydroxylation sites is 1. The number of amides is 1. The van der Waals surface area contributed by atoms with Crippen molar-refractivity contribution in [3.63, 3.8) is 0 Å². The lowest BCUT2D eigenvalue weighted by Crippen LogP contribution is -2.34. The third-order valence-electron chi connectivity index (χ3n) is 5.24. The summed E-state index contributed by atoms with van der Waals surface area (Å²) in [5.74, 6) is 1.58. The molecule has 0 saturated heterocycles. The molecule has 1 aliphatic carbocycles. The highest BCUT2D eigenvalue weighted by Gasteiger charge is 2.33. The van der Waals surface area contributed by atoms with E-state index in [0.717, 1.165) is 35.1 Å². The van der Waals surface area contributed by atoms with Crippen molar-refractivity contribution in [2.24, 2.45) is 0 Å². The Morgan fingerprint density at radius 2 is 1.66 bits per heavy atom. The van der Waals surface area contributed by atoms with Crippen LogP contribution in [-0.2, 0) is 4.79 Å². The summed E-state index contributed by atoms with van der Waals surface area (Å²) < 4.78 is 2.13. The fourth-order valence-corrected chi connectivity index (χ4v) is 4.62. The molecule has 0 radical (unpaired) electrons. The molecule has 0 N–H and O–H groups in total. The van der Waals surface area contributed by atoms with Crippen LogP contribution in [0.4, 0.5) is 0 Å². The Morgan fingerprint density at radius 1 is 1.03 bits per heavy atom. The van der Waals surface area contributed by atoms with E-state index in [1.54, 1.807) is 0 Å². The molecule has 150 valence electrons. The molecule has 0 bridgehead atoms. The molecule has 2 aromatic carbocycles. The van der Waals surface area contributed by atoms with Crippen LogP contribution in [-0.4, -0.2) is 38.7 Å². The number of carbonyl (C=O) groups is 1. The Balaban J connectivity index is 1.74. The third-order valence-corrected chi connectivity index (χ3v) is 6.42. The maximum atomic E-state index is 13.4. The van der Waals surface area contributed by atoms with Crippen molar-refractivity contribution < 1.29 is 4.79 Å². The molecule has 1 aliphatic rings. The monoisotopic (exact) mass is 406 g/mol. The van der Waals surface area contributed by atoms with Gasteiger partial charge in [0.1, 0.15) is 11.1 Å². The van der Waals surface area contributed by atoms with Gasteiger partial charge in [0.15, 0.2) is 5.16 Å². The van der Waals surface area contributed by atoms with E-state index in [9.17, 15) is 4.79 Å². The second-order valence-electron chi connectivity index (χ2n) is 7.21. The Morgan fingerprint density at radius 3 is 2.24 bits per heavy atom. The molecule has 3 aromatic rings. The predicted octanol–water partition coefficient (Wildman–Crippen LogP) is 4.85. The van der Waals surface area contributed by atoms with Gasteiger partial charge in [0.05, 0.1) is 0 Å². The van der Waals surface area contributed by atoms with Crippen molar-refractivity contribution in [1.29, 1.82) is 0 Å². The number of hydrogen-bond acceptors (Lipinski definition) is 4. The van der Waals surface area contributed by atoms with Gasteiger partial charge in [-0.3, -0.25) is 9.36 Å². The standard InChI is InChI=1S/C23H26N4OS/c1-3-26(4-2)22(28)20(17-11-7-5-8-12-17)29-23-25-24-21(18-15-16-18)27(23)19-13-9-6-10-14-19/h5-14,18,20H,3-4,15-16H2,1-2H3. The van der Waals surface area contributed by atoms with E-state index < -0.39 is 0 Å². The van der Waals surface area contributed by atoms with E-state index in [-0.39, 0.29) is 11.2 Å². The van der Waals surface area contributed by atoms with E-state index in [1.807, 2.05) is 67.3 Å². The van der Waals surface area contributed by atoms with E-state index in [4.69, 9.17) is 0 Å². The fourth-order valence-electron chi connectivity index (χ4n) is 3.48. The molecule has 1 heterocycles.